The maximum Gasteiger partial charge on any atom is 0.330 e. The van der Waals surface area contributed by atoms with Gasteiger partial charge >= 0.3 is 5.69 Å². The molecule has 2 heterocycles. The Morgan fingerprint density at radius 1 is 1.09 bits per heavy atom. The first kappa shape index (κ1) is 28.3. The van der Waals surface area contributed by atoms with Gasteiger partial charge in [-0.2, -0.15) is 0 Å². The fourth-order valence-electron chi connectivity index (χ4n) is 3.72. The third kappa shape index (κ3) is 6.82. The largest absolute Gasteiger partial charge is 0.790 e. The van der Waals surface area contributed by atoms with E-state index in [1.807, 2.05) is 0 Å². The van der Waals surface area contributed by atoms with Crippen molar-refractivity contribution in [1.82, 2.24) is 9.55 Å². The molecule has 2 atom stereocenters. The molecular weight excluding hydrogens is 467 g/mol. The average molecular weight is 500 g/mol. The molecule has 0 radical (unpaired) electrons. The SMILES string of the molecule is Cc1cn(C2CCC(C(CC(=O)C(C)(C)C)(CC(=O)C(C)(C)C)OP(=O)([O-])[O-])O2)c(=O)[nH]c1=O. The first-order valence-corrected chi connectivity index (χ1v) is 12.5. The standard InChI is InChI=1S/C22H35N2O9P/c1-13-12-24(19(28)23-18(13)27)17-9-8-16(32-17)22(33-34(29,30)31,10-14(25)20(2,3)4)11-15(26)21(5,6)7/h12,16-17H,8-11H2,1-7H3,(H,23,27,28)(H2,29,30,31)/p-2. The second-order valence-electron chi connectivity index (χ2n) is 10.9. The quantitative estimate of drug-likeness (QED) is 0.514. The van der Waals surface area contributed by atoms with Crippen molar-refractivity contribution in [2.24, 2.45) is 10.8 Å². The van der Waals surface area contributed by atoms with E-state index in [1.165, 1.54) is 13.1 Å². The minimum absolute atomic E-state index is 0.101. The summed E-state index contributed by atoms with van der Waals surface area (Å²) in [6.45, 7) is 11.3. The van der Waals surface area contributed by atoms with Gasteiger partial charge in [0.15, 0.2) is 0 Å². The van der Waals surface area contributed by atoms with Gasteiger partial charge in [0.25, 0.3) is 5.56 Å². The van der Waals surface area contributed by atoms with Gasteiger partial charge in [-0.25, -0.2) is 4.79 Å². The second-order valence-corrected chi connectivity index (χ2v) is 12.0. The van der Waals surface area contributed by atoms with Gasteiger partial charge in [-0.15, -0.1) is 0 Å². The summed E-state index contributed by atoms with van der Waals surface area (Å²) in [5, 5.41) is 0. The van der Waals surface area contributed by atoms with Crippen molar-refractivity contribution in [2.75, 3.05) is 0 Å². The molecule has 1 saturated heterocycles. The van der Waals surface area contributed by atoms with Gasteiger partial charge in [0.2, 0.25) is 0 Å². The number of hydrogen-bond donors (Lipinski definition) is 1. The fourth-order valence-corrected chi connectivity index (χ4v) is 4.41. The van der Waals surface area contributed by atoms with Gasteiger partial charge in [-0.3, -0.25) is 23.9 Å². The molecule has 1 aromatic rings. The number of aryl methyl sites for hydroxylation is 1. The molecule has 0 spiro atoms. The molecule has 0 bridgehead atoms. The van der Waals surface area contributed by atoms with Crippen LogP contribution in [0.15, 0.2) is 15.8 Å². The number of rotatable bonds is 8. The number of carbonyl (C=O) groups excluding carboxylic acids is 2. The van der Waals surface area contributed by atoms with Gasteiger partial charge < -0.3 is 23.6 Å². The summed E-state index contributed by atoms with van der Waals surface area (Å²) in [6, 6.07) is 0. The average Bonchev–Trinajstić information content (AvgIpc) is 3.12. The third-order valence-corrected chi connectivity index (χ3v) is 6.51. The van der Waals surface area contributed by atoms with E-state index in [0.29, 0.717) is 0 Å². The molecule has 1 fully saturated rings. The molecule has 0 amide bonds. The van der Waals surface area contributed by atoms with Crippen molar-refractivity contribution in [3.8, 4) is 0 Å². The molecule has 2 unspecified atom stereocenters. The lowest BCUT2D eigenvalue weighted by Crippen LogP contribution is -2.51. The van der Waals surface area contributed by atoms with E-state index in [4.69, 9.17) is 9.26 Å². The van der Waals surface area contributed by atoms with Gasteiger partial charge in [0, 0.05) is 35.4 Å². The maximum atomic E-state index is 13.0. The van der Waals surface area contributed by atoms with Crippen molar-refractivity contribution in [1.29, 1.82) is 0 Å². The van der Waals surface area contributed by atoms with Gasteiger partial charge in [-0.05, 0) is 19.8 Å². The van der Waals surface area contributed by atoms with Crippen molar-refractivity contribution in [3.63, 3.8) is 0 Å². The molecule has 0 aliphatic carbocycles. The van der Waals surface area contributed by atoms with Crippen LogP contribution in [0.5, 0.6) is 0 Å². The number of phosphoric ester groups is 1. The summed E-state index contributed by atoms with van der Waals surface area (Å²) in [4.78, 5) is 75.9. The molecule has 1 N–H and O–H groups in total. The van der Waals surface area contributed by atoms with E-state index < -0.39 is 72.2 Å². The topological polar surface area (TPSA) is 171 Å². The molecule has 0 saturated carbocycles. The Hall–Kier alpha value is -1.91. The van der Waals surface area contributed by atoms with Crippen LogP contribution >= 0.6 is 7.82 Å². The number of nitrogens with zero attached hydrogens (tertiary/aromatic N) is 1. The summed E-state index contributed by atoms with van der Waals surface area (Å²) in [6.07, 6.45) is -1.59. The lowest BCUT2D eigenvalue weighted by Gasteiger charge is -2.46. The number of hydrogen-bond acceptors (Lipinski definition) is 9. The summed E-state index contributed by atoms with van der Waals surface area (Å²) < 4.78 is 24.0. The molecule has 1 aliphatic heterocycles. The molecule has 34 heavy (non-hydrogen) atoms. The first-order chi connectivity index (χ1) is 15.2. The molecule has 11 nitrogen and oxygen atoms in total. The number of Topliss-reactive ketones (excluding diaryl/α,β-unsaturated/α-hetero) is 2. The highest BCUT2D eigenvalue weighted by Crippen LogP contribution is 2.47. The van der Waals surface area contributed by atoms with Crippen LogP contribution in [0.2, 0.25) is 0 Å². The molecular formula is C22H33N2O9P-2. The maximum absolute atomic E-state index is 13.0. The Morgan fingerprint density at radius 3 is 2.03 bits per heavy atom. The van der Waals surface area contributed by atoms with Crippen LogP contribution < -0.4 is 21.0 Å². The zero-order chi connectivity index (χ0) is 26.3. The van der Waals surface area contributed by atoms with Crippen molar-refractivity contribution in [2.45, 2.75) is 92.1 Å². The predicted octanol–water partition coefficient (Wildman–Crippen LogP) is 1.12. The number of carbonyl (C=O) groups is 2. The number of ether oxygens (including phenoxy) is 1. The first-order valence-electron chi connectivity index (χ1n) is 11.0. The van der Waals surface area contributed by atoms with E-state index in [1.54, 1.807) is 41.5 Å². The van der Waals surface area contributed by atoms with Crippen LogP contribution in [0.25, 0.3) is 0 Å². The Bertz CT molecular complexity index is 1070. The van der Waals surface area contributed by atoms with Crippen molar-refractivity contribution in [3.05, 3.63) is 32.6 Å². The number of aromatic amines is 1. The van der Waals surface area contributed by atoms with E-state index in [2.05, 4.69) is 4.98 Å². The normalized spacial score (nSPS) is 19.9. The number of phosphoric acid groups is 1. The van der Waals surface area contributed by atoms with E-state index in [-0.39, 0.29) is 18.4 Å². The third-order valence-electron chi connectivity index (χ3n) is 5.93. The lowest BCUT2D eigenvalue weighted by atomic mass is 9.75. The predicted molar refractivity (Wildman–Crippen MR) is 119 cm³/mol. The minimum Gasteiger partial charge on any atom is -0.790 e. The molecule has 0 aromatic carbocycles. The molecule has 2 rings (SSSR count). The van der Waals surface area contributed by atoms with Crippen LogP contribution in [0.1, 0.15) is 79.0 Å². The lowest BCUT2D eigenvalue weighted by molar-refractivity contribution is -0.353. The summed E-state index contributed by atoms with van der Waals surface area (Å²) in [5.74, 6) is -0.849. The van der Waals surface area contributed by atoms with Crippen LogP contribution in [-0.2, 0) is 23.4 Å². The molecule has 192 valence electrons. The fraction of sp³-hybridized carbons (Fsp3) is 0.727. The van der Waals surface area contributed by atoms with E-state index >= 15 is 0 Å². The number of nitrogens with one attached hydrogen (secondary N) is 1. The van der Waals surface area contributed by atoms with E-state index in [0.717, 1.165) is 4.57 Å². The Kier molecular flexibility index (Phi) is 8.02. The highest BCUT2D eigenvalue weighted by molar-refractivity contribution is 7.43. The number of aromatic nitrogens is 2. The molecule has 12 heteroatoms. The number of ketones is 2. The van der Waals surface area contributed by atoms with Crippen LogP contribution in [0.3, 0.4) is 0 Å². The van der Waals surface area contributed by atoms with Crippen LogP contribution in [-0.4, -0.2) is 32.8 Å². The van der Waals surface area contributed by atoms with Crippen LogP contribution in [0.4, 0.5) is 0 Å². The Morgan fingerprint density at radius 2 is 1.59 bits per heavy atom. The molecule has 1 aromatic heterocycles. The van der Waals surface area contributed by atoms with Crippen molar-refractivity contribution >= 4 is 19.4 Å². The summed E-state index contributed by atoms with van der Waals surface area (Å²) >= 11 is 0. The number of H-pyrrole nitrogens is 1. The zero-order valence-corrected chi connectivity index (χ0v) is 21.5. The Balaban J connectivity index is 2.56. The Labute approximate surface area is 198 Å². The molecule has 1 aliphatic rings. The van der Waals surface area contributed by atoms with Gasteiger partial charge in [0.05, 0.1) is 13.9 Å². The van der Waals surface area contributed by atoms with Gasteiger partial charge in [-0.1, -0.05) is 41.5 Å². The van der Waals surface area contributed by atoms with E-state index in [9.17, 15) is 33.5 Å². The highest BCUT2D eigenvalue weighted by Gasteiger charge is 2.51. The second kappa shape index (κ2) is 9.62. The van der Waals surface area contributed by atoms with Crippen molar-refractivity contribution < 1.29 is 33.2 Å². The smallest absolute Gasteiger partial charge is 0.330 e. The zero-order valence-electron chi connectivity index (χ0n) is 20.6. The summed E-state index contributed by atoms with van der Waals surface area (Å²) in [7, 11) is -5.67. The van der Waals surface area contributed by atoms with Crippen LogP contribution in [0, 0.1) is 17.8 Å². The monoisotopic (exact) mass is 500 g/mol. The highest BCUT2D eigenvalue weighted by atomic mass is 31.2. The minimum atomic E-state index is -5.67. The summed E-state index contributed by atoms with van der Waals surface area (Å²) in [5.41, 5.74) is -4.95. The van der Waals surface area contributed by atoms with Gasteiger partial charge in [0.1, 0.15) is 23.4 Å².